The van der Waals surface area contributed by atoms with E-state index in [0.29, 0.717) is 20.3 Å². The van der Waals surface area contributed by atoms with Crippen LogP contribution in [0.25, 0.3) is 15.9 Å². The van der Waals surface area contributed by atoms with Gasteiger partial charge in [-0.2, -0.15) is 4.98 Å². The number of hydrogen-bond donors (Lipinski definition) is 1. The summed E-state index contributed by atoms with van der Waals surface area (Å²) < 4.78 is 1.70. The standard InChI is InChI=1S/C17H9N3O5S2/c21-15-11-7-13(20(24)25)14(8-12(11)19-4-5-26-17(19)18-15)27-10-3-1-2-9(6-10)16(22)23/h1-8H,(H,22,23). The number of nitro groups is 1. The lowest BCUT2D eigenvalue weighted by Gasteiger charge is -2.07. The zero-order chi connectivity index (χ0) is 19.1. The highest BCUT2D eigenvalue weighted by Crippen LogP contribution is 2.37. The van der Waals surface area contributed by atoms with E-state index < -0.39 is 16.5 Å². The second kappa shape index (κ2) is 6.49. The minimum absolute atomic E-state index is 0.0871. The lowest BCUT2D eigenvalue weighted by atomic mass is 10.2. The van der Waals surface area contributed by atoms with Crippen LogP contribution < -0.4 is 5.56 Å². The summed E-state index contributed by atoms with van der Waals surface area (Å²) in [6, 6.07) is 8.92. The number of aromatic nitrogens is 2. The van der Waals surface area contributed by atoms with Crippen molar-refractivity contribution in [3.63, 3.8) is 0 Å². The molecule has 0 unspecified atom stereocenters. The second-order valence-corrected chi connectivity index (χ2v) is 7.49. The molecule has 0 aliphatic heterocycles. The molecule has 0 amide bonds. The number of carbonyl (C=O) groups is 1. The van der Waals surface area contributed by atoms with E-state index in [1.165, 1.54) is 29.5 Å². The number of carboxylic acids is 1. The first-order valence-corrected chi connectivity index (χ1v) is 9.23. The molecular formula is C17H9N3O5S2. The van der Waals surface area contributed by atoms with Gasteiger partial charge in [-0.15, -0.1) is 11.3 Å². The van der Waals surface area contributed by atoms with E-state index in [9.17, 15) is 19.7 Å². The lowest BCUT2D eigenvalue weighted by Crippen LogP contribution is -2.09. The summed E-state index contributed by atoms with van der Waals surface area (Å²) >= 11 is 2.36. The van der Waals surface area contributed by atoms with E-state index in [4.69, 9.17) is 5.11 Å². The Kier molecular flexibility index (Phi) is 4.13. The van der Waals surface area contributed by atoms with E-state index in [2.05, 4.69) is 4.98 Å². The molecule has 0 aliphatic rings. The van der Waals surface area contributed by atoms with Crippen molar-refractivity contribution in [1.82, 2.24) is 9.38 Å². The van der Waals surface area contributed by atoms with Gasteiger partial charge >= 0.3 is 5.97 Å². The number of benzene rings is 2. The minimum atomic E-state index is -1.08. The predicted octanol–water partition coefficient (Wildman–Crippen LogP) is 3.67. The van der Waals surface area contributed by atoms with Gasteiger partial charge in [0.25, 0.3) is 11.2 Å². The van der Waals surface area contributed by atoms with Gasteiger partial charge in [-0.3, -0.25) is 19.3 Å². The number of hydrogen-bond acceptors (Lipinski definition) is 7. The molecule has 4 rings (SSSR count). The van der Waals surface area contributed by atoms with Crippen LogP contribution in [0.2, 0.25) is 0 Å². The molecule has 0 spiro atoms. The highest BCUT2D eigenvalue weighted by atomic mass is 32.2. The summed E-state index contributed by atoms with van der Waals surface area (Å²) in [4.78, 5) is 39.6. The molecule has 0 fully saturated rings. The van der Waals surface area contributed by atoms with Gasteiger partial charge in [-0.05, 0) is 24.3 Å². The molecule has 0 aliphatic carbocycles. The van der Waals surface area contributed by atoms with Crippen molar-refractivity contribution in [2.75, 3.05) is 0 Å². The fourth-order valence-corrected chi connectivity index (χ4v) is 4.36. The molecule has 4 aromatic rings. The van der Waals surface area contributed by atoms with Crippen LogP contribution in [0.15, 0.2) is 62.6 Å². The first-order chi connectivity index (χ1) is 12.9. The second-order valence-electron chi connectivity index (χ2n) is 5.50. The van der Waals surface area contributed by atoms with Crippen LogP contribution in [0.4, 0.5) is 5.69 Å². The van der Waals surface area contributed by atoms with Gasteiger partial charge in [-0.25, -0.2) is 4.79 Å². The smallest absolute Gasteiger partial charge is 0.335 e. The van der Waals surface area contributed by atoms with Gasteiger partial charge in [-0.1, -0.05) is 17.8 Å². The monoisotopic (exact) mass is 399 g/mol. The van der Waals surface area contributed by atoms with Crippen molar-refractivity contribution in [2.45, 2.75) is 9.79 Å². The highest BCUT2D eigenvalue weighted by molar-refractivity contribution is 7.99. The van der Waals surface area contributed by atoms with E-state index in [-0.39, 0.29) is 16.6 Å². The van der Waals surface area contributed by atoms with E-state index in [0.717, 1.165) is 11.8 Å². The predicted molar refractivity (Wildman–Crippen MR) is 101 cm³/mol. The summed E-state index contributed by atoms with van der Waals surface area (Å²) in [5.41, 5.74) is -0.167. The van der Waals surface area contributed by atoms with Gasteiger partial charge in [0.2, 0.25) is 0 Å². The molecule has 8 nitrogen and oxygen atoms in total. The van der Waals surface area contributed by atoms with Crippen LogP contribution in [0.1, 0.15) is 10.4 Å². The maximum atomic E-state index is 12.2. The fourth-order valence-electron chi connectivity index (χ4n) is 2.66. The van der Waals surface area contributed by atoms with Gasteiger partial charge in [0.05, 0.1) is 26.3 Å². The Labute approximate surface area is 158 Å². The molecule has 134 valence electrons. The SMILES string of the molecule is O=C(O)c1cccc(Sc2cc3c(cc2[N+](=O)[O-])c(=O)nc2sccn23)c1. The van der Waals surface area contributed by atoms with Crippen LogP contribution in [0, 0.1) is 10.1 Å². The molecule has 2 aromatic carbocycles. The van der Waals surface area contributed by atoms with E-state index in [1.807, 2.05) is 0 Å². The van der Waals surface area contributed by atoms with Crippen LogP contribution in [0.5, 0.6) is 0 Å². The summed E-state index contributed by atoms with van der Waals surface area (Å²) in [7, 11) is 0. The van der Waals surface area contributed by atoms with Crippen molar-refractivity contribution in [1.29, 1.82) is 0 Å². The summed E-state index contributed by atoms with van der Waals surface area (Å²) in [6.07, 6.45) is 1.74. The largest absolute Gasteiger partial charge is 0.478 e. The van der Waals surface area contributed by atoms with Crippen LogP contribution in [0.3, 0.4) is 0 Å². The third-order valence-electron chi connectivity index (χ3n) is 3.86. The molecule has 0 saturated heterocycles. The third kappa shape index (κ3) is 3.04. The normalized spacial score (nSPS) is 11.1. The number of rotatable bonds is 4. The van der Waals surface area contributed by atoms with Gasteiger partial charge in [0.15, 0.2) is 4.96 Å². The minimum Gasteiger partial charge on any atom is -0.478 e. The maximum Gasteiger partial charge on any atom is 0.335 e. The summed E-state index contributed by atoms with van der Waals surface area (Å²) in [5.74, 6) is -1.08. The summed E-state index contributed by atoms with van der Waals surface area (Å²) in [5, 5.41) is 22.6. The number of carboxylic acid groups (broad SMARTS) is 1. The molecule has 1 N–H and O–H groups in total. The molecular weight excluding hydrogens is 390 g/mol. The van der Waals surface area contributed by atoms with Crippen LogP contribution in [-0.2, 0) is 0 Å². The number of aromatic carboxylic acids is 1. The van der Waals surface area contributed by atoms with E-state index >= 15 is 0 Å². The molecule has 10 heteroatoms. The Morgan fingerprint density at radius 3 is 2.85 bits per heavy atom. The molecule has 27 heavy (non-hydrogen) atoms. The van der Waals surface area contributed by atoms with Gasteiger partial charge in [0, 0.05) is 22.5 Å². The number of nitro benzene ring substituents is 1. The Morgan fingerprint density at radius 2 is 2.11 bits per heavy atom. The van der Waals surface area contributed by atoms with Crippen molar-refractivity contribution >= 4 is 50.6 Å². The Bertz CT molecular complexity index is 1290. The van der Waals surface area contributed by atoms with Gasteiger partial charge in [0.1, 0.15) is 0 Å². The fraction of sp³-hybridized carbons (Fsp3) is 0. The summed E-state index contributed by atoms with van der Waals surface area (Å²) in [6.45, 7) is 0. The molecule has 2 aromatic heterocycles. The van der Waals surface area contributed by atoms with Crippen molar-refractivity contribution < 1.29 is 14.8 Å². The molecule has 0 radical (unpaired) electrons. The first kappa shape index (κ1) is 17.2. The lowest BCUT2D eigenvalue weighted by molar-refractivity contribution is -0.387. The van der Waals surface area contributed by atoms with Crippen molar-refractivity contribution in [3.8, 4) is 0 Å². The maximum absolute atomic E-state index is 12.2. The third-order valence-corrected chi connectivity index (χ3v) is 5.65. The number of nitrogens with zero attached hydrogens (tertiary/aromatic N) is 3. The average Bonchev–Trinajstić information content (AvgIpc) is 3.10. The molecule has 2 heterocycles. The van der Waals surface area contributed by atoms with Crippen molar-refractivity contribution in [3.05, 3.63) is 74.0 Å². The number of thiazole rings is 1. The zero-order valence-electron chi connectivity index (χ0n) is 13.4. The quantitative estimate of drug-likeness (QED) is 0.411. The van der Waals surface area contributed by atoms with E-state index in [1.54, 1.807) is 34.2 Å². The zero-order valence-corrected chi connectivity index (χ0v) is 15.0. The number of fused-ring (bicyclic) bond motifs is 3. The topological polar surface area (TPSA) is 115 Å². The average molecular weight is 399 g/mol. The first-order valence-electron chi connectivity index (χ1n) is 7.53. The van der Waals surface area contributed by atoms with Crippen LogP contribution in [-0.4, -0.2) is 25.4 Å². The van der Waals surface area contributed by atoms with Gasteiger partial charge < -0.3 is 5.11 Å². The van der Waals surface area contributed by atoms with Crippen molar-refractivity contribution in [2.24, 2.45) is 0 Å². The Morgan fingerprint density at radius 1 is 1.30 bits per heavy atom. The molecule has 0 atom stereocenters. The molecule has 0 saturated carbocycles. The molecule has 0 bridgehead atoms. The Balaban J connectivity index is 1.94. The van der Waals surface area contributed by atoms with Crippen LogP contribution >= 0.6 is 23.1 Å². The Hall–Kier alpha value is -3.24. The highest BCUT2D eigenvalue weighted by Gasteiger charge is 2.20.